The van der Waals surface area contributed by atoms with Crippen molar-refractivity contribution in [2.75, 3.05) is 14.2 Å². The Morgan fingerprint density at radius 2 is 1.59 bits per heavy atom. The molecular weight excluding hydrogens is 362 g/mol. The molecule has 4 rings (SSSR count). The van der Waals surface area contributed by atoms with Crippen molar-refractivity contribution >= 4 is 22.4 Å². The summed E-state index contributed by atoms with van der Waals surface area (Å²) >= 11 is 1.57. The number of imidazole rings is 1. The molecule has 0 saturated heterocycles. The van der Waals surface area contributed by atoms with Gasteiger partial charge in [-0.05, 0) is 30.3 Å². The maximum absolute atomic E-state index is 12.1. The molecule has 0 fully saturated rings. The number of hydrogen-bond acceptors (Lipinski definition) is 5. The van der Waals surface area contributed by atoms with Crippen LogP contribution < -0.4 is 15.2 Å². The van der Waals surface area contributed by atoms with Gasteiger partial charge in [0.25, 0.3) is 0 Å². The minimum Gasteiger partial charge on any atom is -0.493 e. The number of rotatable bonds is 4. The average molecular weight is 381 g/mol. The zero-order valence-corrected chi connectivity index (χ0v) is 16.3. The fourth-order valence-corrected chi connectivity index (χ4v) is 4.00. The second kappa shape index (κ2) is 6.59. The maximum Gasteiger partial charge on any atom is 0.328 e. The second-order valence-electron chi connectivity index (χ2n) is 6.21. The first-order valence-electron chi connectivity index (χ1n) is 8.37. The Bertz CT molecular complexity index is 1200. The van der Waals surface area contributed by atoms with Gasteiger partial charge in [0.2, 0.25) is 0 Å². The molecule has 0 aliphatic heterocycles. The van der Waals surface area contributed by atoms with Crippen LogP contribution >= 0.6 is 11.3 Å². The normalized spacial score (nSPS) is 11.1. The van der Waals surface area contributed by atoms with E-state index in [1.165, 1.54) is 0 Å². The monoisotopic (exact) mass is 381 g/mol. The summed E-state index contributed by atoms with van der Waals surface area (Å²) in [6.45, 7) is 0. The highest BCUT2D eigenvalue weighted by Gasteiger charge is 2.13. The Morgan fingerprint density at radius 1 is 0.889 bits per heavy atom. The highest BCUT2D eigenvalue weighted by molar-refractivity contribution is 7.13. The summed E-state index contributed by atoms with van der Waals surface area (Å²) in [5.41, 5.74) is 4.58. The molecule has 7 heteroatoms. The van der Waals surface area contributed by atoms with Crippen LogP contribution in [0.4, 0.5) is 0 Å². The van der Waals surface area contributed by atoms with Gasteiger partial charge in [0.1, 0.15) is 5.01 Å². The smallest absolute Gasteiger partial charge is 0.328 e. The Labute approximate surface area is 160 Å². The predicted molar refractivity (Wildman–Crippen MR) is 108 cm³/mol. The van der Waals surface area contributed by atoms with Crippen LogP contribution in [0.15, 0.2) is 46.6 Å². The molecule has 2 aromatic carbocycles. The predicted octanol–water partition coefficient (Wildman–Crippen LogP) is 3.68. The third kappa shape index (κ3) is 2.80. The summed E-state index contributed by atoms with van der Waals surface area (Å²) in [7, 11) is 6.80. The molecule has 4 aromatic rings. The van der Waals surface area contributed by atoms with E-state index in [0.29, 0.717) is 11.5 Å². The number of aryl methyl sites for hydroxylation is 2. The molecule has 0 atom stereocenters. The van der Waals surface area contributed by atoms with Crippen LogP contribution in [0.2, 0.25) is 0 Å². The van der Waals surface area contributed by atoms with Crippen LogP contribution in [0.25, 0.3) is 32.9 Å². The average Bonchev–Trinajstić information content (AvgIpc) is 3.28. The van der Waals surface area contributed by atoms with E-state index >= 15 is 0 Å². The van der Waals surface area contributed by atoms with Gasteiger partial charge in [-0.15, -0.1) is 11.3 Å². The molecule has 6 nitrogen and oxygen atoms in total. The fraction of sp³-hybridized carbons (Fsp3) is 0.200. The number of ether oxygens (including phenoxy) is 2. The lowest BCUT2D eigenvalue weighted by atomic mass is 10.1. The molecule has 0 radical (unpaired) electrons. The van der Waals surface area contributed by atoms with E-state index in [1.807, 2.05) is 41.8 Å². The first kappa shape index (κ1) is 17.4. The molecule has 0 unspecified atom stereocenters. The first-order chi connectivity index (χ1) is 13.0. The lowest BCUT2D eigenvalue weighted by Crippen LogP contribution is -2.19. The Hall–Kier alpha value is -3.06. The summed E-state index contributed by atoms with van der Waals surface area (Å²) in [5.74, 6) is 1.36. The van der Waals surface area contributed by atoms with Crippen LogP contribution in [0.3, 0.4) is 0 Å². The van der Waals surface area contributed by atoms with Crippen molar-refractivity contribution in [3.63, 3.8) is 0 Å². The van der Waals surface area contributed by atoms with Gasteiger partial charge >= 0.3 is 5.69 Å². The van der Waals surface area contributed by atoms with Crippen molar-refractivity contribution in [1.82, 2.24) is 14.1 Å². The van der Waals surface area contributed by atoms with Crippen molar-refractivity contribution in [3.8, 4) is 33.3 Å². The number of hydrogen-bond donors (Lipinski definition) is 0. The lowest BCUT2D eigenvalue weighted by Gasteiger charge is -2.08. The van der Waals surface area contributed by atoms with E-state index in [0.717, 1.165) is 32.9 Å². The van der Waals surface area contributed by atoms with Gasteiger partial charge in [-0.3, -0.25) is 9.13 Å². The van der Waals surface area contributed by atoms with Crippen molar-refractivity contribution < 1.29 is 9.47 Å². The highest BCUT2D eigenvalue weighted by atomic mass is 32.1. The third-order valence-electron chi connectivity index (χ3n) is 4.70. The SMILES string of the molecule is COc1ccc(-c2nc(-c3ccc4c(c3)n(C)c(=O)n4C)cs2)cc1OC. The van der Waals surface area contributed by atoms with Gasteiger partial charge in [-0.1, -0.05) is 6.07 Å². The van der Waals surface area contributed by atoms with Crippen LogP contribution in [0.1, 0.15) is 0 Å². The van der Waals surface area contributed by atoms with Crippen LogP contribution in [0.5, 0.6) is 11.5 Å². The van der Waals surface area contributed by atoms with Crippen molar-refractivity contribution in [2.45, 2.75) is 0 Å². The Morgan fingerprint density at radius 3 is 2.33 bits per heavy atom. The molecule has 0 saturated carbocycles. The lowest BCUT2D eigenvalue weighted by molar-refractivity contribution is 0.355. The minimum absolute atomic E-state index is 0.0357. The van der Waals surface area contributed by atoms with E-state index in [4.69, 9.17) is 14.5 Å². The number of fused-ring (bicyclic) bond motifs is 1. The molecule has 0 amide bonds. The van der Waals surface area contributed by atoms with E-state index in [2.05, 4.69) is 0 Å². The topological polar surface area (TPSA) is 58.3 Å². The largest absolute Gasteiger partial charge is 0.493 e. The fourth-order valence-electron chi connectivity index (χ4n) is 3.17. The van der Waals surface area contributed by atoms with Crippen molar-refractivity contribution in [3.05, 3.63) is 52.3 Å². The van der Waals surface area contributed by atoms with Gasteiger partial charge in [-0.25, -0.2) is 9.78 Å². The van der Waals surface area contributed by atoms with Gasteiger partial charge in [-0.2, -0.15) is 0 Å². The Kier molecular flexibility index (Phi) is 4.24. The quantitative estimate of drug-likeness (QED) is 0.541. The zero-order valence-electron chi connectivity index (χ0n) is 15.5. The van der Waals surface area contributed by atoms with E-state index < -0.39 is 0 Å². The minimum atomic E-state index is -0.0357. The molecule has 0 spiro atoms. The standard InChI is InChI=1S/C20H19N3O3S/c1-22-15-7-5-12(9-16(15)23(2)20(22)24)14-11-27-19(21-14)13-6-8-17(25-3)18(10-13)26-4/h5-11H,1-4H3. The van der Waals surface area contributed by atoms with Crippen molar-refractivity contribution in [1.29, 1.82) is 0 Å². The molecule has 138 valence electrons. The summed E-state index contributed by atoms with van der Waals surface area (Å²) in [4.78, 5) is 16.9. The number of aromatic nitrogens is 3. The molecule has 0 bridgehead atoms. The van der Waals surface area contributed by atoms with Crippen LogP contribution in [-0.2, 0) is 14.1 Å². The van der Waals surface area contributed by atoms with Gasteiger partial charge in [0, 0.05) is 30.6 Å². The van der Waals surface area contributed by atoms with E-state index in [-0.39, 0.29) is 5.69 Å². The Balaban J connectivity index is 1.76. The van der Waals surface area contributed by atoms with Gasteiger partial charge in [0.15, 0.2) is 11.5 Å². The summed E-state index contributed by atoms with van der Waals surface area (Å²) in [5, 5.41) is 2.92. The van der Waals surface area contributed by atoms with Crippen LogP contribution in [-0.4, -0.2) is 28.3 Å². The molecule has 0 aliphatic carbocycles. The summed E-state index contributed by atoms with van der Waals surface area (Å²) in [6, 6.07) is 11.7. The zero-order chi connectivity index (χ0) is 19.1. The second-order valence-corrected chi connectivity index (χ2v) is 7.07. The number of benzene rings is 2. The number of thiazole rings is 1. The van der Waals surface area contributed by atoms with Gasteiger partial charge in [0.05, 0.1) is 30.9 Å². The molecule has 0 N–H and O–H groups in total. The third-order valence-corrected chi connectivity index (χ3v) is 5.59. The summed E-state index contributed by atoms with van der Waals surface area (Å²) in [6.07, 6.45) is 0. The number of nitrogens with zero attached hydrogens (tertiary/aromatic N) is 3. The maximum atomic E-state index is 12.1. The van der Waals surface area contributed by atoms with Crippen molar-refractivity contribution in [2.24, 2.45) is 14.1 Å². The van der Waals surface area contributed by atoms with E-state index in [1.54, 1.807) is 48.8 Å². The molecule has 0 aliphatic rings. The highest BCUT2D eigenvalue weighted by Crippen LogP contribution is 2.35. The number of methoxy groups -OCH3 is 2. The molecule has 2 aromatic heterocycles. The first-order valence-corrected chi connectivity index (χ1v) is 9.25. The molecule has 2 heterocycles. The van der Waals surface area contributed by atoms with E-state index in [9.17, 15) is 4.79 Å². The van der Waals surface area contributed by atoms with Gasteiger partial charge < -0.3 is 9.47 Å². The van der Waals surface area contributed by atoms with Crippen LogP contribution in [0, 0.1) is 0 Å². The molecular formula is C20H19N3O3S. The molecule has 27 heavy (non-hydrogen) atoms. The summed E-state index contributed by atoms with van der Waals surface area (Å²) < 4.78 is 14.0.